The first-order chi connectivity index (χ1) is 11.5. The summed E-state index contributed by atoms with van der Waals surface area (Å²) in [6.07, 6.45) is 0. The topological polar surface area (TPSA) is 67.4 Å². The van der Waals surface area contributed by atoms with Gasteiger partial charge in [0.25, 0.3) is 5.91 Å². The van der Waals surface area contributed by atoms with Crippen LogP contribution >= 0.6 is 15.9 Å². The van der Waals surface area contributed by atoms with Crippen LogP contribution in [0.3, 0.4) is 0 Å². The predicted octanol–water partition coefficient (Wildman–Crippen LogP) is 3.07. The molecule has 0 aliphatic carbocycles. The zero-order valence-corrected chi connectivity index (χ0v) is 15.3. The molecule has 2 aromatic rings. The molecule has 0 spiro atoms. The Kier molecular flexibility index (Phi) is 5.11. The summed E-state index contributed by atoms with van der Waals surface area (Å²) in [6.45, 7) is 6.13. The number of amides is 1. The fourth-order valence-electron chi connectivity index (χ4n) is 2.58. The van der Waals surface area contributed by atoms with Gasteiger partial charge in [0.15, 0.2) is 0 Å². The third kappa shape index (κ3) is 3.91. The highest BCUT2D eigenvalue weighted by atomic mass is 79.9. The van der Waals surface area contributed by atoms with Gasteiger partial charge in [-0.3, -0.25) is 4.79 Å². The number of nitrogens with one attached hydrogen (secondary N) is 1. The predicted molar refractivity (Wildman–Crippen MR) is 95.7 cm³/mol. The first-order valence-electron chi connectivity index (χ1n) is 7.79. The van der Waals surface area contributed by atoms with Gasteiger partial charge in [0.05, 0.1) is 13.2 Å². The van der Waals surface area contributed by atoms with Crippen LogP contribution in [0.4, 0.5) is 11.5 Å². The van der Waals surface area contributed by atoms with E-state index in [-0.39, 0.29) is 5.91 Å². The summed E-state index contributed by atoms with van der Waals surface area (Å²) in [4.78, 5) is 23.1. The van der Waals surface area contributed by atoms with Crippen molar-refractivity contribution in [2.75, 3.05) is 31.6 Å². The molecule has 0 unspecified atom stereocenters. The van der Waals surface area contributed by atoms with Crippen molar-refractivity contribution < 1.29 is 9.53 Å². The largest absolute Gasteiger partial charge is 0.378 e. The molecule has 24 heavy (non-hydrogen) atoms. The van der Waals surface area contributed by atoms with Crippen molar-refractivity contribution in [3.8, 4) is 0 Å². The molecule has 2 heterocycles. The van der Waals surface area contributed by atoms with Crippen LogP contribution in [-0.2, 0) is 4.74 Å². The molecule has 7 heteroatoms. The zero-order valence-electron chi connectivity index (χ0n) is 13.7. The molecule has 1 aromatic carbocycles. The van der Waals surface area contributed by atoms with Crippen molar-refractivity contribution in [1.29, 1.82) is 0 Å². The number of hydrogen-bond donors (Lipinski definition) is 1. The van der Waals surface area contributed by atoms with E-state index < -0.39 is 0 Å². The van der Waals surface area contributed by atoms with Crippen LogP contribution in [0, 0.1) is 13.8 Å². The van der Waals surface area contributed by atoms with Crippen LogP contribution in [0.1, 0.15) is 21.9 Å². The molecule has 0 saturated carbocycles. The lowest BCUT2D eigenvalue weighted by atomic mass is 10.2. The Bertz CT molecular complexity index is 760. The van der Waals surface area contributed by atoms with Gasteiger partial charge in [0.1, 0.15) is 17.3 Å². The molecule has 1 fully saturated rings. The number of carbonyl (C=O) groups excluding carboxylic acids is 1. The van der Waals surface area contributed by atoms with E-state index in [1.807, 2.05) is 25.1 Å². The molecular weight excluding hydrogens is 372 g/mol. The number of nitrogens with zero attached hydrogens (tertiary/aromatic N) is 3. The molecule has 1 aliphatic heterocycles. The van der Waals surface area contributed by atoms with Crippen molar-refractivity contribution in [3.05, 3.63) is 45.8 Å². The Balaban J connectivity index is 1.84. The lowest BCUT2D eigenvalue weighted by Crippen LogP contribution is -2.41. The fourth-order valence-corrected chi connectivity index (χ4v) is 3.05. The number of aromatic nitrogens is 2. The number of ether oxygens (including phenoxy) is 1. The van der Waals surface area contributed by atoms with Gasteiger partial charge in [-0.1, -0.05) is 15.9 Å². The fraction of sp³-hybridized carbons (Fsp3) is 0.353. The van der Waals surface area contributed by atoms with Gasteiger partial charge in [-0.05, 0) is 37.6 Å². The summed E-state index contributed by atoms with van der Waals surface area (Å²) < 4.78 is 6.31. The molecule has 1 aromatic heterocycles. The first-order valence-corrected chi connectivity index (χ1v) is 8.58. The van der Waals surface area contributed by atoms with Gasteiger partial charge in [0.2, 0.25) is 0 Å². The van der Waals surface area contributed by atoms with E-state index in [1.54, 1.807) is 17.9 Å². The number of morpholine rings is 1. The van der Waals surface area contributed by atoms with Crippen molar-refractivity contribution in [3.63, 3.8) is 0 Å². The second kappa shape index (κ2) is 7.27. The summed E-state index contributed by atoms with van der Waals surface area (Å²) in [6, 6.07) is 7.66. The van der Waals surface area contributed by atoms with E-state index in [9.17, 15) is 4.79 Å². The van der Waals surface area contributed by atoms with E-state index in [4.69, 9.17) is 4.74 Å². The molecule has 126 valence electrons. The molecule has 6 nitrogen and oxygen atoms in total. The number of hydrogen-bond acceptors (Lipinski definition) is 5. The second-order valence-electron chi connectivity index (χ2n) is 5.67. The Labute approximate surface area is 149 Å². The van der Waals surface area contributed by atoms with Crippen molar-refractivity contribution >= 4 is 33.3 Å². The number of rotatable bonds is 3. The van der Waals surface area contributed by atoms with Crippen molar-refractivity contribution in [2.45, 2.75) is 13.8 Å². The molecule has 3 rings (SSSR count). The van der Waals surface area contributed by atoms with Gasteiger partial charge in [-0.25, -0.2) is 9.97 Å². The molecular formula is C17H19BrN4O2. The molecule has 0 atom stereocenters. The minimum atomic E-state index is -0.0839. The van der Waals surface area contributed by atoms with Gasteiger partial charge in [-0.15, -0.1) is 0 Å². The van der Waals surface area contributed by atoms with Gasteiger partial charge < -0.3 is 15.0 Å². The van der Waals surface area contributed by atoms with E-state index in [0.29, 0.717) is 43.6 Å². The number of halogens is 1. The average Bonchev–Trinajstić information content (AvgIpc) is 2.57. The summed E-state index contributed by atoms with van der Waals surface area (Å²) in [7, 11) is 0. The third-order valence-electron chi connectivity index (χ3n) is 3.81. The van der Waals surface area contributed by atoms with Crippen molar-refractivity contribution in [1.82, 2.24) is 14.9 Å². The number of aryl methyl sites for hydroxylation is 2. The minimum absolute atomic E-state index is 0.0839. The summed E-state index contributed by atoms with van der Waals surface area (Å²) in [5.74, 6) is 1.09. The van der Waals surface area contributed by atoms with E-state index in [2.05, 4.69) is 31.2 Å². The van der Waals surface area contributed by atoms with Crippen LogP contribution in [-0.4, -0.2) is 47.1 Å². The number of anilines is 2. The summed E-state index contributed by atoms with van der Waals surface area (Å²) in [5.41, 5.74) is 2.43. The lowest BCUT2D eigenvalue weighted by Gasteiger charge is -2.26. The zero-order chi connectivity index (χ0) is 17.1. The third-order valence-corrected chi connectivity index (χ3v) is 4.30. The highest BCUT2D eigenvalue weighted by Gasteiger charge is 2.20. The van der Waals surface area contributed by atoms with Gasteiger partial charge in [0, 0.05) is 29.3 Å². The minimum Gasteiger partial charge on any atom is -0.378 e. The highest BCUT2D eigenvalue weighted by molar-refractivity contribution is 9.10. The molecule has 1 aliphatic rings. The Morgan fingerprint density at radius 1 is 1.21 bits per heavy atom. The Hall–Kier alpha value is -1.99. The van der Waals surface area contributed by atoms with Crippen LogP contribution in [0.15, 0.2) is 28.7 Å². The maximum Gasteiger partial charge on any atom is 0.272 e. The van der Waals surface area contributed by atoms with Gasteiger partial charge in [-0.2, -0.15) is 0 Å². The van der Waals surface area contributed by atoms with E-state index in [1.165, 1.54) is 0 Å². The van der Waals surface area contributed by atoms with Crippen molar-refractivity contribution in [2.24, 2.45) is 0 Å². The van der Waals surface area contributed by atoms with Crippen LogP contribution in [0.2, 0.25) is 0 Å². The maximum atomic E-state index is 12.6. The monoisotopic (exact) mass is 390 g/mol. The molecule has 0 radical (unpaired) electrons. The normalized spacial score (nSPS) is 14.5. The molecule has 1 N–H and O–H groups in total. The van der Waals surface area contributed by atoms with Crippen LogP contribution in [0.5, 0.6) is 0 Å². The average molecular weight is 391 g/mol. The van der Waals surface area contributed by atoms with Crippen LogP contribution < -0.4 is 5.32 Å². The Morgan fingerprint density at radius 2 is 1.96 bits per heavy atom. The number of carbonyl (C=O) groups is 1. The lowest BCUT2D eigenvalue weighted by molar-refractivity contribution is 0.0299. The molecule has 1 amide bonds. The Morgan fingerprint density at radius 3 is 2.67 bits per heavy atom. The maximum absolute atomic E-state index is 12.6. The van der Waals surface area contributed by atoms with Gasteiger partial charge >= 0.3 is 0 Å². The molecule has 0 bridgehead atoms. The first kappa shape index (κ1) is 16.9. The van der Waals surface area contributed by atoms with E-state index >= 15 is 0 Å². The van der Waals surface area contributed by atoms with E-state index in [0.717, 1.165) is 15.7 Å². The highest BCUT2D eigenvalue weighted by Crippen LogP contribution is 2.23. The summed E-state index contributed by atoms with van der Waals surface area (Å²) >= 11 is 3.45. The standard InChI is InChI=1S/C17H19BrN4O2/c1-11-9-13(18)3-4-14(11)21-16-10-15(19-12(2)20-16)17(23)22-5-7-24-8-6-22/h3-4,9-10H,5-8H2,1-2H3,(H,19,20,21). The SMILES string of the molecule is Cc1nc(Nc2ccc(Br)cc2C)cc(C(=O)N2CCOCC2)n1. The molecule has 1 saturated heterocycles. The van der Waals surface area contributed by atoms with Crippen LogP contribution in [0.25, 0.3) is 0 Å². The summed E-state index contributed by atoms with van der Waals surface area (Å²) in [5, 5.41) is 3.27. The smallest absolute Gasteiger partial charge is 0.272 e. The quantitative estimate of drug-likeness (QED) is 0.871. The number of benzene rings is 1. The second-order valence-corrected chi connectivity index (χ2v) is 6.59.